The molecule has 27 heavy (non-hydrogen) atoms. The van der Waals surface area contributed by atoms with Crippen molar-refractivity contribution in [3.63, 3.8) is 0 Å². The number of nitrogens with zero attached hydrogens (tertiary/aromatic N) is 2. The van der Waals surface area contributed by atoms with Gasteiger partial charge in [0, 0.05) is 19.0 Å². The van der Waals surface area contributed by atoms with Gasteiger partial charge in [0.2, 0.25) is 11.8 Å². The number of hydrogen-bond donors (Lipinski definition) is 1. The predicted molar refractivity (Wildman–Crippen MR) is 107 cm³/mol. The first-order valence-corrected chi connectivity index (χ1v) is 9.70. The van der Waals surface area contributed by atoms with Crippen LogP contribution in [-0.2, 0) is 9.59 Å². The zero-order valence-corrected chi connectivity index (χ0v) is 15.4. The number of para-hydroxylation sites is 2. The lowest BCUT2D eigenvalue weighted by atomic mass is 10.0. The van der Waals surface area contributed by atoms with Crippen molar-refractivity contribution in [3.05, 3.63) is 60.2 Å². The molecule has 0 spiro atoms. The number of nitrogens with one attached hydrogen (secondary N) is 1. The van der Waals surface area contributed by atoms with Crippen LogP contribution in [0.15, 0.2) is 54.6 Å². The Balaban J connectivity index is 1.45. The van der Waals surface area contributed by atoms with Gasteiger partial charge in [0.1, 0.15) is 0 Å². The average Bonchev–Trinajstić information content (AvgIpc) is 3.32. The molecule has 5 nitrogen and oxygen atoms in total. The first-order chi connectivity index (χ1) is 13.2. The summed E-state index contributed by atoms with van der Waals surface area (Å²) in [6.07, 6.45) is 3.63. The van der Waals surface area contributed by atoms with Gasteiger partial charge in [-0.1, -0.05) is 42.5 Å². The number of amides is 2. The second-order valence-corrected chi connectivity index (χ2v) is 7.25. The first kappa shape index (κ1) is 17.7. The van der Waals surface area contributed by atoms with Gasteiger partial charge in [-0.2, -0.15) is 0 Å². The summed E-state index contributed by atoms with van der Waals surface area (Å²) < 4.78 is 0. The quantitative estimate of drug-likeness (QED) is 0.883. The van der Waals surface area contributed by atoms with E-state index in [1.165, 1.54) is 5.56 Å². The Hall–Kier alpha value is -2.66. The molecule has 2 aliphatic rings. The van der Waals surface area contributed by atoms with E-state index in [2.05, 4.69) is 34.5 Å². The van der Waals surface area contributed by atoms with Gasteiger partial charge in [-0.05, 0) is 43.5 Å². The van der Waals surface area contributed by atoms with Gasteiger partial charge in [-0.25, -0.2) is 0 Å². The molecule has 0 aliphatic carbocycles. The molecular formula is C22H25N3O2. The summed E-state index contributed by atoms with van der Waals surface area (Å²) in [5.74, 6) is 0.0947. The third-order valence-electron chi connectivity index (χ3n) is 5.44. The molecule has 0 unspecified atom stereocenters. The molecule has 2 aromatic carbocycles. The molecule has 0 aromatic heterocycles. The van der Waals surface area contributed by atoms with Crippen molar-refractivity contribution in [2.45, 2.75) is 31.7 Å². The van der Waals surface area contributed by atoms with Crippen LogP contribution in [0.2, 0.25) is 0 Å². The van der Waals surface area contributed by atoms with Crippen LogP contribution in [0.3, 0.4) is 0 Å². The van der Waals surface area contributed by atoms with Gasteiger partial charge >= 0.3 is 0 Å². The van der Waals surface area contributed by atoms with Crippen LogP contribution in [-0.4, -0.2) is 36.3 Å². The summed E-state index contributed by atoms with van der Waals surface area (Å²) in [5.41, 5.74) is 2.79. The van der Waals surface area contributed by atoms with Crippen molar-refractivity contribution in [1.82, 2.24) is 4.90 Å². The molecule has 4 rings (SSSR count). The van der Waals surface area contributed by atoms with Gasteiger partial charge in [-0.3, -0.25) is 14.5 Å². The van der Waals surface area contributed by atoms with Crippen LogP contribution in [0.25, 0.3) is 0 Å². The van der Waals surface area contributed by atoms with Crippen LogP contribution < -0.4 is 10.2 Å². The average molecular weight is 363 g/mol. The lowest BCUT2D eigenvalue weighted by molar-refractivity contribution is -0.118. The topological polar surface area (TPSA) is 52.7 Å². The van der Waals surface area contributed by atoms with E-state index in [-0.39, 0.29) is 11.8 Å². The molecule has 0 saturated carbocycles. The molecule has 5 heteroatoms. The molecule has 1 N–H and O–H groups in total. The van der Waals surface area contributed by atoms with Crippen LogP contribution in [0.5, 0.6) is 0 Å². The third kappa shape index (κ3) is 3.88. The van der Waals surface area contributed by atoms with E-state index in [9.17, 15) is 9.59 Å². The van der Waals surface area contributed by atoms with E-state index >= 15 is 0 Å². The summed E-state index contributed by atoms with van der Waals surface area (Å²) >= 11 is 0. The first-order valence-electron chi connectivity index (χ1n) is 9.70. The number of carbonyl (C=O) groups is 2. The lowest BCUT2D eigenvalue weighted by Crippen LogP contribution is -2.33. The van der Waals surface area contributed by atoms with E-state index in [4.69, 9.17) is 0 Å². The minimum atomic E-state index is -0.0306. The highest BCUT2D eigenvalue weighted by molar-refractivity contribution is 6.02. The lowest BCUT2D eigenvalue weighted by Gasteiger charge is -2.25. The van der Waals surface area contributed by atoms with Crippen LogP contribution in [0.1, 0.15) is 37.3 Å². The van der Waals surface area contributed by atoms with Crippen molar-refractivity contribution in [2.75, 3.05) is 29.9 Å². The molecule has 2 saturated heterocycles. The fourth-order valence-corrected chi connectivity index (χ4v) is 4.16. The van der Waals surface area contributed by atoms with Crippen molar-refractivity contribution in [3.8, 4) is 0 Å². The Morgan fingerprint density at radius 3 is 2.56 bits per heavy atom. The Bertz CT molecular complexity index is 821. The van der Waals surface area contributed by atoms with Crippen LogP contribution in [0, 0.1) is 0 Å². The number of rotatable bonds is 5. The Labute approximate surface area is 160 Å². The number of carbonyl (C=O) groups excluding carboxylic acids is 2. The zero-order valence-electron chi connectivity index (χ0n) is 15.4. The molecular weight excluding hydrogens is 338 g/mol. The van der Waals surface area contributed by atoms with E-state index in [1.807, 2.05) is 30.3 Å². The number of benzene rings is 2. The Morgan fingerprint density at radius 2 is 1.78 bits per heavy atom. The molecule has 2 heterocycles. The monoisotopic (exact) mass is 363 g/mol. The summed E-state index contributed by atoms with van der Waals surface area (Å²) in [7, 11) is 0. The van der Waals surface area contributed by atoms with Gasteiger partial charge < -0.3 is 10.2 Å². The molecule has 140 valence electrons. The maximum absolute atomic E-state index is 12.7. The molecule has 2 aromatic rings. The van der Waals surface area contributed by atoms with Crippen molar-refractivity contribution < 1.29 is 9.59 Å². The maximum atomic E-state index is 12.7. The smallest absolute Gasteiger partial charge is 0.238 e. The predicted octanol–water partition coefficient (Wildman–Crippen LogP) is 3.59. The summed E-state index contributed by atoms with van der Waals surface area (Å²) in [4.78, 5) is 28.9. The second-order valence-electron chi connectivity index (χ2n) is 7.25. The SMILES string of the molecule is O=C(CN1CCC[C@H]1c1ccccc1)Nc1ccccc1N1CCCC1=O. The number of hydrogen-bond acceptors (Lipinski definition) is 3. The Kier molecular flexibility index (Phi) is 5.21. The van der Waals surface area contributed by atoms with E-state index in [1.54, 1.807) is 4.90 Å². The second kappa shape index (κ2) is 7.92. The Morgan fingerprint density at radius 1 is 1.00 bits per heavy atom. The molecule has 2 fully saturated rings. The largest absolute Gasteiger partial charge is 0.323 e. The molecule has 2 amide bonds. The fourth-order valence-electron chi connectivity index (χ4n) is 4.16. The third-order valence-corrected chi connectivity index (χ3v) is 5.44. The highest BCUT2D eigenvalue weighted by Gasteiger charge is 2.28. The van der Waals surface area contributed by atoms with E-state index in [0.29, 0.717) is 31.2 Å². The normalized spacial score (nSPS) is 20.2. The highest BCUT2D eigenvalue weighted by Crippen LogP contribution is 2.32. The van der Waals surface area contributed by atoms with Gasteiger partial charge in [0.25, 0.3) is 0 Å². The van der Waals surface area contributed by atoms with Crippen molar-refractivity contribution in [1.29, 1.82) is 0 Å². The van der Waals surface area contributed by atoms with Crippen LogP contribution in [0.4, 0.5) is 11.4 Å². The van der Waals surface area contributed by atoms with Gasteiger partial charge in [0.15, 0.2) is 0 Å². The van der Waals surface area contributed by atoms with Gasteiger partial charge in [0.05, 0.1) is 17.9 Å². The number of anilines is 2. The molecule has 2 aliphatic heterocycles. The summed E-state index contributed by atoms with van der Waals surface area (Å²) in [6.45, 7) is 2.01. The summed E-state index contributed by atoms with van der Waals surface area (Å²) in [6, 6.07) is 18.3. The zero-order chi connectivity index (χ0) is 18.6. The van der Waals surface area contributed by atoms with E-state index in [0.717, 1.165) is 31.5 Å². The highest BCUT2D eigenvalue weighted by atomic mass is 16.2. The molecule has 0 radical (unpaired) electrons. The van der Waals surface area contributed by atoms with Gasteiger partial charge in [-0.15, -0.1) is 0 Å². The van der Waals surface area contributed by atoms with Crippen molar-refractivity contribution in [2.24, 2.45) is 0 Å². The van der Waals surface area contributed by atoms with Crippen molar-refractivity contribution >= 4 is 23.2 Å². The maximum Gasteiger partial charge on any atom is 0.238 e. The summed E-state index contributed by atoms with van der Waals surface area (Å²) in [5, 5.41) is 3.03. The molecule has 1 atom stereocenters. The standard InChI is InChI=1S/C22H25N3O2/c26-21(16-24-14-6-12-19(24)17-8-2-1-3-9-17)23-18-10-4-5-11-20(18)25-15-7-13-22(25)27/h1-5,8-11,19H,6-7,12-16H2,(H,23,26)/t19-/m0/s1. The minimum absolute atomic E-state index is 0.0306. The minimum Gasteiger partial charge on any atom is -0.323 e. The molecule has 0 bridgehead atoms. The fraction of sp³-hybridized carbons (Fsp3) is 0.364. The number of likely N-dealkylation sites (tertiary alicyclic amines) is 1. The van der Waals surface area contributed by atoms with Crippen LogP contribution >= 0.6 is 0 Å². The van der Waals surface area contributed by atoms with E-state index < -0.39 is 0 Å².